The van der Waals surface area contributed by atoms with E-state index in [0.717, 1.165) is 44.8 Å². The van der Waals surface area contributed by atoms with Gasteiger partial charge in [0.2, 0.25) is 0 Å². The molecule has 0 aliphatic rings. The number of hydrogen-bond donors (Lipinski definition) is 0. The molecule has 26 heavy (non-hydrogen) atoms. The molecule has 0 atom stereocenters. The molecule has 0 bridgehead atoms. The number of halogens is 1. The minimum absolute atomic E-state index is 0.246. The van der Waals surface area contributed by atoms with E-state index in [-0.39, 0.29) is 5.82 Å². The van der Waals surface area contributed by atoms with Gasteiger partial charge < -0.3 is 9.26 Å². The van der Waals surface area contributed by atoms with Gasteiger partial charge in [-0.3, -0.25) is 4.68 Å². The van der Waals surface area contributed by atoms with Crippen LogP contribution in [-0.2, 0) is 6.54 Å². The number of nitrogens with zero attached hydrogens (tertiary/aromatic N) is 3. The third kappa shape index (κ3) is 2.73. The molecule has 6 heteroatoms. The molecule has 2 aromatic carbocycles. The topological polar surface area (TPSA) is 53.1 Å². The Morgan fingerprint density at radius 1 is 1.15 bits per heavy atom. The van der Waals surface area contributed by atoms with Gasteiger partial charge in [-0.15, -0.1) is 0 Å². The molecule has 0 saturated carbocycles. The molecule has 5 nitrogen and oxygen atoms in total. The molecule has 4 rings (SSSR count). The Kier molecular flexibility index (Phi) is 3.95. The van der Waals surface area contributed by atoms with Crippen molar-refractivity contribution < 1.29 is 13.7 Å². The summed E-state index contributed by atoms with van der Waals surface area (Å²) in [6.07, 6.45) is 1.80. The summed E-state index contributed by atoms with van der Waals surface area (Å²) in [6.45, 7) is 4.34. The maximum Gasteiger partial charge on any atom is 0.141 e. The third-order valence-corrected chi connectivity index (χ3v) is 4.51. The van der Waals surface area contributed by atoms with Crippen LogP contribution in [0.2, 0.25) is 0 Å². The van der Waals surface area contributed by atoms with Crippen molar-refractivity contribution >= 4 is 10.9 Å². The first-order valence-electron chi connectivity index (χ1n) is 8.28. The molecule has 2 aromatic heterocycles. The number of aromatic nitrogens is 3. The highest BCUT2D eigenvalue weighted by atomic mass is 19.1. The lowest BCUT2D eigenvalue weighted by atomic mass is 10.0. The highest BCUT2D eigenvalue weighted by Gasteiger charge is 2.18. The summed E-state index contributed by atoms with van der Waals surface area (Å²) >= 11 is 0. The predicted octanol–water partition coefficient (Wildman–Crippen LogP) is 4.50. The maximum absolute atomic E-state index is 13.1. The maximum atomic E-state index is 13.1. The van der Waals surface area contributed by atoms with Crippen molar-refractivity contribution in [3.8, 4) is 16.9 Å². The van der Waals surface area contributed by atoms with Crippen LogP contribution in [0.15, 0.2) is 47.1 Å². The second-order valence-corrected chi connectivity index (χ2v) is 6.24. The zero-order valence-corrected chi connectivity index (χ0v) is 14.8. The number of ether oxygens (including phenoxy) is 1. The molecule has 4 aromatic rings. The molecular weight excluding hydrogens is 333 g/mol. The first-order chi connectivity index (χ1) is 12.6. The van der Waals surface area contributed by atoms with E-state index >= 15 is 0 Å². The molecule has 0 aliphatic carbocycles. The Morgan fingerprint density at radius 3 is 2.58 bits per heavy atom. The van der Waals surface area contributed by atoms with Gasteiger partial charge >= 0.3 is 0 Å². The van der Waals surface area contributed by atoms with Crippen LogP contribution in [-0.4, -0.2) is 22.0 Å². The van der Waals surface area contributed by atoms with Crippen molar-refractivity contribution in [3.05, 3.63) is 65.4 Å². The van der Waals surface area contributed by atoms with E-state index in [4.69, 9.17) is 9.26 Å². The van der Waals surface area contributed by atoms with Crippen LogP contribution in [0.3, 0.4) is 0 Å². The SMILES string of the molecule is COc1cc2cnn(Cc3ccc(F)cc3)c2cc1-c1c(C)noc1C. The minimum Gasteiger partial charge on any atom is -0.496 e. The smallest absolute Gasteiger partial charge is 0.141 e. The Hall–Kier alpha value is -3.15. The van der Waals surface area contributed by atoms with Gasteiger partial charge in [0.15, 0.2) is 0 Å². The second-order valence-electron chi connectivity index (χ2n) is 6.24. The lowest BCUT2D eigenvalue weighted by Gasteiger charge is -2.10. The summed E-state index contributed by atoms with van der Waals surface area (Å²) < 4.78 is 25.9. The number of hydrogen-bond acceptors (Lipinski definition) is 4. The largest absolute Gasteiger partial charge is 0.496 e. The van der Waals surface area contributed by atoms with E-state index in [0.29, 0.717) is 6.54 Å². The van der Waals surface area contributed by atoms with Crippen LogP contribution in [0.4, 0.5) is 4.39 Å². The van der Waals surface area contributed by atoms with E-state index in [2.05, 4.69) is 10.3 Å². The fourth-order valence-electron chi connectivity index (χ4n) is 3.23. The van der Waals surface area contributed by atoms with Crippen molar-refractivity contribution in [1.82, 2.24) is 14.9 Å². The Bertz CT molecular complexity index is 1060. The highest BCUT2D eigenvalue weighted by Crippen LogP contribution is 2.37. The molecule has 0 spiro atoms. The molecule has 0 N–H and O–H groups in total. The zero-order chi connectivity index (χ0) is 18.3. The van der Waals surface area contributed by atoms with Gasteiger partial charge in [-0.2, -0.15) is 5.10 Å². The summed E-state index contributed by atoms with van der Waals surface area (Å²) in [6, 6.07) is 10.4. The van der Waals surface area contributed by atoms with Crippen molar-refractivity contribution in [2.45, 2.75) is 20.4 Å². The molecule has 0 fully saturated rings. The summed E-state index contributed by atoms with van der Waals surface area (Å²) in [5.74, 6) is 1.24. The number of rotatable bonds is 4. The highest BCUT2D eigenvalue weighted by molar-refractivity contribution is 5.89. The van der Waals surface area contributed by atoms with Crippen LogP contribution in [0.5, 0.6) is 5.75 Å². The Labute approximate surface area is 150 Å². The molecule has 0 unspecified atom stereocenters. The molecule has 0 aliphatic heterocycles. The normalized spacial score (nSPS) is 11.2. The predicted molar refractivity (Wildman–Crippen MR) is 96.8 cm³/mol. The van der Waals surface area contributed by atoms with Gasteiger partial charge in [0, 0.05) is 10.9 Å². The molecule has 0 radical (unpaired) electrons. The Balaban J connectivity index is 1.84. The van der Waals surface area contributed by atoms with Crippen LogP contribution in [0.1, 0.15) is 17.0 Å². The summed E-state index contributed by atoms with van der Waals surface area (Å²) in [7, 11) is 1.64. The fourth-order valence-corrected chi connectivity index (χ4v) is 3.23. The van der Waals surface area contributed by atoms with Gasteiger partial charge in [0.05, 0.1) is 36.6 Å². The molecule has 0 amide bonds. The van der Waals surface area contributed by atoms with E-state index in [1.807, 2.05) is 30.7 Å². The Morgan fingerprint density at radius 2 is 1.92 bits per heavy atom. The molecule has 0 saturated heterocycles. The molecule has 2 heterocycles. The van der Waals surface area contributed by atoms with E-state index in [1.165, 1.54) is 12.1 Å². The van der Waals surface area contributed by atoms with Crippen LogP contribution >= 0.6 is 0 Å². The second kappa shape index (κ2) is 6.29. The van der Waals surface area contributed by atoms with Crippen molar-refractivity contribution in [3.63, 3.8) is 0 Å². The monoisotopic (exact) mass is 351 g/mol. The number of fused-ring (bicyclic) bond motifs is 1. The van der Waals surface area contributed by atoms with Gasteiger partial charge in [-0.25, -0.2) is 4.39 Å². The van der Waals surface area contributed by atoms with Gasteiger partial charge in [0.25, 0.3) is 0 Å². The van der Waals surface area contributed by atoms with Crippen LogP contribution in [0.25, 0.3) is 22.0 Å². The van der Waals surface area contributed by atoms with E-state index < -0.39 is 0 Å². The van der Waals surface area contributed by atoms with Gasteiger partial charge in [-0.05, 0) is 43.7 Å². The van der Waals surface area contributed by atoms with Crippen LogP contribution in [0, 0.1) is 19.7 Å². The van der Waals surface area contributed by atoms with E-state index in [9.17, 15) is 4.39 Å². The quantitative estimate of drug-likeness (QED) is 0.543. The average molecular weight is 351 g/mol. The number of aryl methyl sites for hydroxylation is 2. The van der Waals surface area contributed by atoms with Crippen molar-refractivity contribution in [2.24, 2.45) is 0 Å². The van der Waals surface area contributed by atoms with Crippen molar-refractivity contribution in [2.75, 3.05) is 7.11 Å². The summed E-state index contributed by atoms with van der Waals surface area (Å²) in [4.78, 5) is 0. The fraction of sp³-hybridized carbons (Fsp3) is 0.200. The zero-order valence-electron chi connectivity index (χ0n) is 14.8. The van der Waals surface area contributed by atoms with Crippen LogP contribution < -0.4 is 4.74 Å². The number of methoxy groups -OCH3 is 1. The minimum atomic E-state index is -0.246. The summed E-state index contributed by atoms with van der Waals surface area (Å²) in [5.41, 5.74) is 4.59. The standard InChI is InChI=1S/C20H18FN3O2/c1-12-20(13(2)26-23-12)17-9-18-15(8-19(17)25-3)10-22-24(18)11-14-4-6-16(21)7-5-14/h4-10H,11H2,1-3H3. The molecular formula is C20H18FN3O2. The lowest BCUT2D eigenvalue weighted by molar-refractivity contribution is 0.393. The first-order valence-corrected chi connectivity index (χ1v) is 8.28. The number of benzene rings is 2. The van der Waals surface area contributed by atoms with Crippen molar-refractivity contribution in [1.29, 1.82) is 0 Å². The third-order valence-electron chi connectivity index (χ3n) is 4.51. The molecule has 132 valence electrons. The summed E-state index contributed by atoms with van der Waals surface area (Å²) in [5, 5.41) is 9.50. The van der Waals surface area contributed by atoms with Gasteiger partial charge in [-0.1, -0.05) is 17.3 Å². The lowest BCUT2D eigenvalue weighted by Crippen LogP contribution is -2.01. The van der Waals surface area contributed by atoms with E-state index in [1.54, 1.807) is 25.4 Å². The first kappa shape index (κ1) is 16.3. The van der Waals surface area contributed by atoms with Gasteiger partial charge in [0.1, 0.15) is 17.3 Å². The average Bonchev–Trinajstić information content (AvgIpc) is 3.18.